The summed E-state index contributed by atoms with van der Waals surface area (Å²) in [6.07, 6.45) is -72.5. The second kappa shape index (κ2) is 29.4. The molecule has 0 aliphatic heterocycles. The van der Waals surface area contributed by atoms with Crippen molar-refractivity contribution in [1.82, 2.24) is 0 Å². The van der Waals surface area contributed by atoms with E-state index in [-0.39, 0.29) is 0 Å². The van der Waals surface area contributed by atoms with Crippen LogP contribution in [0, 0.1) is 0 Å². The molecule has 1 radical (unpaired) electrons. The minimum Gasteiger partial charge on any atom is -0.419 e. The minimum absolute atomic E-state index is 0.619. The molecule has 0 aliphatic carbocycles. The minimum atomic E-state index is -18.3. The number of alkyl halides is 83. The van der Waals surface area contributed by atoms with E-state index in [1.165, 1.54) is 0 Å². The molecule has 0 N–H and O–H groups in total. The molecule has 0 aromatic rings. The highest BCUT2D eigenvalue weighted by Gasteiger charge is 3.13. The van der Waals surface area contributed by atoms with Crippen LogP contribution in [-0.2, 0) is 8.23 Å². The topological polar surface area (TPSA) is 18.5 Å². The first-order valence-corrected chi connectivity index (χ1v) is 31.1. The molecule has 0 aromatic heterocycles. The fraction of sp³-hybridized carbons (Fsp3) is 1.00. The fourth-order valence-corrected chi connectivity index (χ4v) is 21.1. The van der Waals surface area contributed by atoms with Gasteiger partial charge in [-0.1, -0.05) is 0 Å². The third-order valence-corrected chi connectivity index (χ3v) is 27.3. The third kappa shape index (κ3) is 13.9. The SMILES string of the molecule is FC(F)(F)C(F)(F)[Si](O[Si](C(F)(F)C(F)(F)C(F)(F)C(F)(F)C(F)(F)C(F)(F)F)(C(F)(F)C(F)(F)C(F)(F)C(F)(F)C(F)(F)C(F)(F)F)C(F)(F)C(F)(F)C(F)(F)C(F)(F)C(F)(F)C(F)(F)F)O[Si](C(F)(F)C(F)(F)C(F)(F)C(F)(F)C(F)(F)C(F)(F)F)(C(F)(F)C(F)(F)C(F)(F)C(F)(F)C(F)(F)C(F)(F)F)C(F)(F)C(F)(F)C(F)(F)C(F)(F)C(F)(F)C(F)(F)F. The van der Waals surface area contributed by atoms with E-state index in [9.17, 15) is 198 Å². The van der Waals surface area contributed by atoms with Crippen molar-refractivity contribution < 1.29 is 373 Å². The van der Waals surface area contributed by atoms with E-state index in [4.69, 9.17) is 0 Å². The Hall–Kier alpha value is -5.24. The van der Waals surface area contributed by atoms with E-state index in [2.05, 4.69) is 0 Å². The van der Waals surface area contributed by atoms with Crippen LogP contribution in [0.1, 0.15) is 0 Å². The lowest BCUT2D eigenvalue weighted by Crippen LogP contribution is -2.95. The van der Waals surface area contributed by atoms with Gasteiger partial charge in [0, 0.05) is 0 Å². The predicted octanol–water partition coefficient (Wildman–Crippen LogP) is 25.8. The van der Waals surface area contributed by atoms with Gasteiger partial charge in [-0.05, 0) is 0 Å². The highest BCUT2D eigenvalue weighted by molar-refractivity contribution is 6.90. The summed E-state index contributed by atoms with van der Waals surface area (Å²) in [5, 5.41) is 0. The van der Waals surface area contributed by atoms with Gasteiger partial charge in [0.1, 0.15) is 0 Å². The largest absolute Gasteiger partial charge is 0.460 e. The summed E-state index contributed by atoms with van der Waals surface area (Å²) in [4.78, 5) is 0. The number of rotatable bonds is 35. The molecule has 0 saturated carbocycles. The zero-order valence-corrected chi connectivity index (χ0v) is 55.7. The molecule has 0 aliphatic rings. The van der Waals surface area contributed by atoms with Crippen LogP contribution in [0.15, 0.2) is 0 Å². The van der Waals surface area contributed by atoms with E-state index >= 15 is 167 Å². The van der Waals surface area contributed by atoms with Gasteiger partial charge in [0.15, 0.2) is 0 Å². The Balaban J connectivity index is 14.5. The smallest absolute Gasteiger partial charge is 0.419 e. The summed E-state index contributed by atoms with van der Waals surface area (Å²) in [5.74, 6) is -292. The van der Waals surface area contributed by atoms with Gasteiger partial charge in [0.05, 0.1) is 0 Å². The molecule has 0 heterocycles. The normalized spacial score (nSPS) is 17.6. The van der Waals surface area contributed by atoms with Gasteiger partial charge in [-0.15, -0.1) is 0 Å². The zero-order valence-electron chi connectivity index (χ0n) is 52.7. The Morgan fingerprint density at radius 3 is 0.254 bits per heavy atom. The van der Waals surface area contributed by atoms with Crippen molar-refractivity contribution in [3.05, 3.63) is 0 Å². The van der Waals surface area contributed by atoms with Crippen LogP contribution in [0.25, 0.3) is 0 Å². The Labute approximate surface area is 623 Å². The lowest BCUT2D eigenvalue weighted by atomic mass is 9.97. The molecule has 0 unspecified atom stereocenters. The summed E-state index contributed by atoms with van der Waals surface area (Å²) >= 11 is 0. The summed E-state index contributed by atoms with van der Waals surface area (Å²) in [6.45, 7) is 0. The molecular weight excluding hydrogens is 2150 g/mol. The fourth-order valence-electron chi connectivity index (χ4n) is 8.05. The van der Waals surface area contributed by atoms with Crippen LogP contribution >= 0.6 is 0 Å². The highest BCUT2D eigenvalue weighted by Crippen LogP contribution is 2.78. The molecule has 126 heavy (non-hydrogen) atoms. The first-order chi connectivity index (χ1) is 52.6. The van der Waals surface area contributed by atoms with Gasteiger partial charge in [0.2, 0.25) is 0 Å². The second-order valence-corrected chi connectivity index (χ2v) is 32.5. The van der Waals surface area contributed by atoms with E-state index in [0.717, 1.165) is 0 Å². The molecule has 757 valence electrons. The number of hydrogen-bond acceptors (Lipinski definition) is 2. The van der Waals surface area contributed by atoms with Gasteiger partial charge in [0.25, 0.3) is 0 Å². The highest BCUT2D eigenvalue weighted by atomic mass is 28.4. The van der Waals surface area contributed by atoms with Gasteiger partial charge >= 0.3 is 250 Å². The van der Waals surface area contributed by atoms with Gasteiger partial charge in [-0.3, -0.25) is 0 Å². The van der Waals surface area contributed by atoms with Crippen molar-refractivity contribution in [3.8, 4) is 0 Å². The quantitative estimate of drug-likeness (QED) is 0.0465. The number of hydrogen-bond donors (Lipinski definition) is 0. The average Bonchev–Trinajstić information content (AvgIpc) is 0.646. The molecule has 2 nitrogen and oxygen atoms in total. The van der Waals surface area contributed by atoms with Gasteiger partial charge in [-0.25, -0.2) is 52.7 Å². The van der Waals surface area contributed by atoms with E-state index < -0.39 is 258 Å². The predicted molar refractivity (Wildman–Crippen MR) is 215 cm³/mol. The summed E-state index contributed by atoms with van der Waals surface area (Å²) in [6, 6.07) is 0. The maximum Gasteiger partial charge on any atom is 0.460 e. The van der Waals surface area contributed by atoms with Crippen molar-refractivity contribution >= 4 is 25.9 Å². The molecule has 0 fully saturated rings. The molecule has 0 amide bonds. The molecule has 0 rings (SSSR count). The van der Waals surface area contributed by atoms with Crippen molar-refractivity contribution in [3.63, 3.8) is 0 Å². The van der Waals surface area contributed by atoms with Crippen LogP contribution < -0.4 is 0 Å². The molecule has 0 spiro atoms. The third-order valence-electron chi connectivity index (χ3n) is 15.4. The molecular formula is C38F83O2Si3. The van der Waals surface area contributed by atoms with Crippen molar-refractivity contribution in [2.24, 2.45) is 0 Å². The molecule has 88 heteroatoms. The molecule has 0 saturated heterocycles. The lowest BCUT2D eigenvalue weighted by Gasteiger charge is -2.56. The van der Waals surface area contributed by atoms with Crippen molar-refractivity contribution in [2.75, 3.05) is 0 Å². The number of halogens is 83. The summed E-state index contributed by atoms with van der Waals surface area (Å²) in [7, 11) is -51.5. The monoisotopic (exact) mass is 2150 g/mol. The van der Waals surface area contributed by atoms with Gasteiger partial charge in [-0.2, -0.15) is 312 Å². The maximum absolute atomic E-state index is 18.3. The standard InChI is InChI=1S/C38F83O2Si3/c39-1(40,13(63,64)25(87,88)89)7(51,52)19(75,76)33(110,111)125(34(112,113)20(77,78)8(53,54)2(41,42)14(65,66)26(90,91)92,35(114,115)21(79,80)9(55,56)3(43,44)15(67,68)27(93,94)95)122-124(32(108,109)31(105,106)107)123-126(36(116,117)22(81,82)10(57,58)4(45,46)16(69,70)28(96,97)98,37(118,119)23(83,84)11(59,60)5(47,48)17(71,72)29(99,100)101)38(120,121)24(85,86)12(61,62)6(49,50)18(73,74)30(102,103)104. The second-order valence-electron chi connectivity index (χ2n) is 23.1. The molecule has 0 atom stereocenters. The first kappa shape index (κ1) is 121. The Kier molecular flexibility index (Phi) is 28.2. The van der Waals surface area contributed by atoms with E-state index in [1.807, 2.05) is 0 Å². The Morgan fingerprint density at radius 2 is 0.183 bits per heavy atom. The first-order valence-electron chi connectivity index (χ1n) is 26.0. The average molecular weight is 2150 g/mol. The summed E-state index contributed by atoms with van der Waals surface area (Å²) < 4.78 is 1240. The van der Waals surface area contributed by atoms with Crippen LogP contribution in [-0.4, -0.2) is 250 Å². The van der Waals surface area contributed by atoms with Crippen LogP contribution in [0.5, 0.6) is 0 Å². The van der Waals surface area contributed by atoms with Crippen molar-refractivity contribution in [2.45, 2.75) is 224 Å². The summed E-state index contributed by atoms with van der Waals surface area (Å²) in [5.41, 5.74) is -98.2. The zero-order chi connectivity index (χ0) is 105. The lowest BCUT2D eigenvalue weighted by molar-refractivity contribution is -0.447. The van der Waals surface area contributed by atoms with Crippen LogP contribution in [0.2, 0.25) is 0 Å². The van der Waals surface area contributed by atoms with E-state index in [1.54, 1.807) is 0 Å². The van der Waals surface area contributed by atoms with Crippen molar-refractivity contribution in [1.29, 1.82) is 0 Å². The Morgan fingerprint density at radius 1 is 0.103 bits per heavy atom. The maximum atomic E-state index is 17.0. The van der Waals surface area contributed by atoms with Crippen LogP contribution in [0.3, 0.4) is 0 Å². The van der Waals surface area contributed by atoms with Crippen LogP contribution in [0.4, 0.5) is 364 Å². The van der Waals surface area contributed by atoms with E-state index in [0.29, 0.717) is 0 Å². The Bertz CT molecular complexity index is 3250. The molecule has 0 bridgehead atoms. The molecule has 0 aromatic carbocycles. The van der Waals surface area contributed by atoms with Gasteiger partial charge < -0.3 is 8.23 Å².